The Labute approximate surface area is 185 Å². The van der Waals surface area contributed by atoms with Crippen LogP contribution in [0.3, 0.4) is 0 Å². The third-order valence-corrected chi connectivity index (χ3v) is 6.49. The predicted molar refractivity (Wildman–Crippen MR) is 119 cm³/mol. The molecule has 0 atom stereocenters. The molecule has 0 radical (unpaired) electrons. The number of rotatable bonds is 5. The first-order valence-electron chi connectivity index (χ1n) is 11.0. The van der Waals surface area contributed by atoms with Gasteiger partial charge in [-0.05, 0) is 36.8 Å². The van der Waals surface area contributed by atoms with Gasteiger partial charge < -0.3 is 14.7 Å². The Hall–Kier alpha value is -3.75. The number of hydrogen-bond acceptors (Lipinski definition) is 8. The van der Waals surface area contributed by atoms with Crippen molar-refractivity contribution in [3.63, 3.8) is 0 Å². The lowest BCUT2D eigenvalue weighted by Crippen LogP contribution is -2.33. The van der Waals surface area contributed by atoms with Crippen molar-refractivity contribution in [2.45, 2.75) is 37.6 Å². The number of benzene rings is 1. The van der Waals surface area contributed by atoms with E-state index in [9.17, 15) is 0 Å². The minimum absolute atomic E-state index is 0.329. The molecule has 9 heteroatoms. The fourth-order valence-corrected chi connectivity index (χ4v) is 4.74. The predicted octanol–water partition coefficient (Wildman–Crippen LogP) is 3.21. The Kier molecular flexibility index (Phi) is 4.78. The van der Waals surface area contributed by atoms with Crippen LogP contribution in [0.1, 0.15) is 35.6 Å². The molecule has 0 bridgehead atoms. The third-order valence-electron chi connectivity index (χ3n) is 6.49. The monoisotopic (exact) mass is 428 g/mol. The quantitative estimate of drug-likeness (QED) is 0.499. The zero-order chi connectivity index (χ0) is 21.3. The summed E-state index contributed by atoms with van der Waals surface area (Å²) in [5.41, 5.74) is 4.67. The maximum atomic E-state index is 5.60. The molecule has 9 nitrogen and oxygen atoms in total. The summed E-state index contributed by atoms with van der Waals surface area (Å²) in [4.78, 5) is 11.3. The first-order chi connectivity index (χ1) is 15.8. The Morgan fingerprint density at radius 1 is 1.00 bits per heavy atom. The van der Waals surface area contributed by atoms with Crippen LogP contribution < -0.4 is 10.2 Å². The molecule has 4 heterocycles. The number of aromatic nitrogens is 6. The van der Waals surface area contributed by atoms with Gasteiger partial charge in [0, 0.05) is 43.5 Å². The van der Waals surface area contributed by atoms with Crippen LogP contribution in [0.5, 0.6) is 0 Å². The average molecular weight is 429 g/mol. The van der Waals surface area contributed by atoms with Crippen molar-refractivity contribution in [3.05, 3.63) is 65.7 Å². The van der Waals surface area contributed by atoms with Gasteiger partial charge in [-0.25, -0.2) is 9.97 Å². The molecule has 1 fully saturated rings. The Bertz CT molecular complexity index is 1150. The van der Waals surface area contributed by atoms with Gasteiger partial charge in [-0.15, -0.1) is 0 Å². The molecule has 0 unspecified atom stereocenters. The van der Waals surface area contributed by atoms with Crippen molar-refractivity contribution < 1.29 is 4.52 Å². The minimum Gasteiger partial charge on any atom is -0.354 e. The van der Waals surface area contributed by atoms with Gasteiger partial charge in [0.15, 0.2) is 11.6 Å². The third kappa shape index (κ3) is 3.70. The van der Waals surface area contributed by atoms with E-state index in [0.717, 1.165) is 55.8 Å². The number of H-pyrrole nitrogens is 1. The molecule has 1 aliphatic heterocycles. The number of anilines is 2. The molecular formula is C23H24N8O. The second-order valence-electron chi connectivity index (χ2n) is 8.52. The summed E-state index contributed by atoms with van der Waals surface area (Å²) in [5, 5.41) is 18.6. The highest BCUT2D eigenvalue weighted by molar-refractivity contribution is 5.60. The molecule has 0 saturated carbocycles. The molecular weight excluding hydrogens is 404 g/mol. The topological polar surface area (TPSA) is 109 Å². The maximum Gasteiger partial charge on any atom is 0.222 e. The lowest BCUT2D eigenvalue weighted by atomic mass is 9.94. The lowest BCUT2D eigenvalue weighted by Gasteiger charge is -2.30. The molecule has 2 N–H and O–H groups in total. The van der Waals surface area contributed by atoms with E-state index in [4.69, 9.17) is 4.52 Å². The van der Waals surface area contributed by atoms with Crippen LogP contribution in [0.2, 0.25) is 0 Å². The summed E-state index contributed by atoms with van der Waals surface area (Å²) in [6, 6.07) is 10.9. The standard InChI is InChI=1S/C23H24N8O/c1-2-4-17-10-19(9-16(17)3-1)27-23-24-12-18(13-25-23)21-11-22(29-32-21)31-7-5-15(6-8-31)20-14-26-30-28-20/h1-4,11-15,19H,5-10H2,(H,24,25,27)(H,26,28,30). The number of hydrogen-bond donors (Lipinski definition) is 2. The molecule has 0 spiro atoms. The number of nitrogens with one attached hydrogen (secondary N) is 2. The highest BCUT2D eigenvalue weighted by atomic mass is 16.5. The molecule has 32 heavy (non-hydrogen) atoms. The fraction of sp³-hybridized carbons (Fsp3) is 0.348. The Balaban J connectivity index is 1.08. The molecule has 1 saturated heterocycles. The molecule has 4 aromatic rings. The molecule has 0 amide bonds. The van der Waals surface area contributed by atoms with Gasteiger partial charge in [0.1, 0.15) is 0 Å². The van der Waals surface area contributed by atoms with Gasteiger partial charge in [0.25, 0.3) is 0 Å². The summed E-state index contributed by atoms with van der Waals surface area (Å²) in [6.07, 6.45) is 9.43. The van der Waals surface area contributed by atoms with Crippen molar-refractivity contribution in [1.29, 1.82) is 0 Å². The number of nitrogens with zero attached hydrogens (tertiary/aromatic N) is 6. The number of fused-ring (bicyclic) bond motifs is 1. The van der Waals surface area contributed by atoms with Crippen molar-refractivity contribution in [2.24, 2.45) is 0 Å². The molecule has 162 valence electrons. The summed E-state index contributed by atoms with van der Waals surface area (Å²) in [7, 11) is 0. The van der Waals surface area contributed by atoms with E-state index in [1.165, 1.54) is 11.1 Å². The van der Waals surface area contributed by atoms with Gasteiger partial charge in [-0.1, -0.05) is 29.4 Å². The highest BCUT2D eigenvalue weighted by Gasteiger charge is 2.25. The molecule has 2 aliphatic rings. The zero-order valence-corrected chi connectivity index (χ0v) is 17.6. The molecule has 6 rings (SSSR count). The van der Waals surface area contributed by atoms with Crippen LogP contribution in [0.4, 0.5) is 11.8 Å². The molecule has 1 aromatic carbocycles. The van der Waals surface area contributed by atoms with Gasteiger partial charge in [-0.2, -0.15) is 15.4 Å². The Morgan fingerprint density at radius 2 is 1.75 bits per heavy atom. The van der Waals surface area contributed by atoms with E-state index in [1.54, 1.807) is 12.4 Å². The number of aromatic amines is 1. The van der Waals surface area contributed by atoms with Crippen LogP contribution in [0, 0.1) is 0 Å². The van der Waals surface area contributed by atoms with Gasteiger partial charge in [-0.3, -0.25) is 0 Å². The first kappa shape index (κ1) is 19.0. The van der Waals surface area contributed by atoms with Crippen LogP contribution in [0.15, 0.2) is 53.4 Å². The van der Waals surface area contributed by atoms with E-state index in [2.05, 4.69) is 65.0 Å². The number of piperidine rings is 1. The SMILES string of the molecule is c1ccc2c(c1)CC(Nc1ncc(-c3cc(N4CCC(c5cn[nH]n5)CC4)no3)cn1)C2. The summed E-state index contributed by atoms with van der Waals surface area (Å²) in [5.74, 6) is 2.61. The maximum absolute atomic E-state index is 5.60. The smallest absolute Gasteiger partial charge is 0.222 e. The van der Waals surface area contributed by atoms with Crippen molar-refractivity contribution >= 4 is 11.8 Å². The van der Waals surface area contributed by atoms with Crippen LogP contribution in [0.25, 0.3) is 11.3 Å². The van der Waals surface area contributed by atoms with Gasteiger partial charge in [0.05, 0.1) is 17.5 Å². The van der Waals surface area contributed by atoms with Crippen molar-refractivity contribution in [2.75, 3.05) is 23.3 Å². The summed E-state index contributed by atoms with van der Waals surface area (Å²) < 4.78 is 5.60. The largest absolute Gasteiger partial charge is 0.354 e. The summed E-state index contributed by atoms with van der Waals surface area (Å²) in [6.45, 7) is 1.82. The molecule has 3 aromatic heterocycles. The van der Waals surface area contributed by atoms with Crippen molar-refractivity contribution in [3.8, 4) is 11.3 Å². The van der Waals surface area contributed by atoms with Gasteiger partial charge >= 0.3 is 0 Å². The second kappa shape index (κ2) is 8.07. The average Bonchev–Trinajstić information content (AvgIpc) is 3.60. The van der Waals surface area contributed by atoms with Crippen LogP contribution >= 0.6 is 0 Å². The fourth-order valence-electron chi connectivity index (χ4n) is 4.74. The van der Waals surface area contributed by atoms with E-state index in [0.29, 0.717) is 23.7 Å². The first-order valence-corrected chi connectivity index (χ1v) is 11.0. The van der Waals surface area contributed by atoms with E-state index < -0.39 is 0 Å². The van der Waals surface area contributed by atoms with Crippen LogP contribution in [-0.2, 0) is 12.8 Å². The zero-order valence-electron chi connectivity index (χ0n) is 17.6. The van der Waals surface area contributed by atoms with Crippen molar-refractivity contribution in [1.82, 2.24) is 30.5 Å². The normalized spacial score (nSPS) is 16.9. The summed E-state index contributed by atoms with van der Waals surface area (Å²) >= 11 is 0. The lowest BCUT2D eigenvalue weighted by molar-refractivity contribution is 0.423. The molecule has 1 aliphatic carbocycles. The van der Waals surface area contributed by atoms with E-state index >= 15 is 0 Å². The van der Waals surface area contributed by atoms with E-state index in [-0.39, 0.29) is 0 Å². The Morgan fingerprint density at radius 3 is 2.44 bits per heavy atom. The highest BCUT2D eigenvalue weighted by Crippen LogP contribution is 2.31. The van der Waals surface area contributed by atoms with Gasteiger partial charge in [0.2, 0.25) is 5.95 Å². The minimum atomic E-state index is 0.329. The van der Waals surface area contributed by atoms with E-state index in [1.807, 2.05) is 12.3 Å². The second-order valence-corrected chi connectivity index (χ2v) is 8.52. The van der Waals surface area contributed by atoms with Crippen LogP contribution in [-0.4, -0.2) is 49.7 Å².